The van der Waals surface area contributed by atoms with Crippen LogP contribution in [0.25, 0.3) is 11.2 Å². The van der Waals surface area contributed by atoms with E-state index in [2.05, 4.69) is 10.3 Å². The largest absolute Gasteiger partial charge is 0.469 e. The molecule has 0 saturated carbocycles. The summed E-state index contributed by atoms with van der Waals surface area (Å²) >= 11 is 0. The van der Waals surface area contributed by atoms with Crippen molar-refractivity contribution in [2.45, 2.75) is 32.7 Å². The number of piperidine rings is 1. The predicted molar refractivity (Wildman–Crippen MR) is 134 cm³/mol. The van der Waals surface area contributed by atoms with Gasteiger partial charge < -0.3 is 14.6 Å². The molecule has 180 valence electrons. The first kappa shape index (κ1) is 22.8. The number of carbonyl (C=O) groups is 1. The van der Waals surface area contributed by atoms with Gasteiger partial charge in [0.25, 0.3) is 5.56 Å². The molecule has 1 N–H and O–H groups in total. The second kappa shape index (κ2) is 10.1. The maximum atomic E-state index is 13.6. The highest BCUT2D eigenvalue weighted by Crippen LogP contribution is 2.22. The van der Waals surface area contributed by atoms with Crippen LogP contribution < -0.4 is 15.8 Å². The molecule has 5 rings (SSSR count). The molecule has 0 radical (unpaired) electrons. The number of furan rings is 1. The molecule has 1 atom stereocenters. The molecule has 1 fully saturated rings. The summed E-state index contributed by atoms with van der Waals surface area (Å²) in [5.74, 6) is 1.03. The number of aromatic nitrogens is 3. The van der Waals surface area contributed by atoms with E-state index in [1.807, 2.05) is 60.4 Å². The lowest BCUT2D eigenvalue weighted by Crippen LogP contribution is -2.46. The molecule has 4 aromatic rings. The van der Waals surface area contributed by atoms with Crippen molar-refractivity contribution in [3.63, 3.8) is 0 Å². The summed E-state index contributed by atoms with van der Waals surface area (Å²) in [5, 5.41) is 3.02. The zero-order valence-electron chi connectivity index (χ0n) is 19.8. The van der Waals surface area contributed by atoms with Crippen molar-refractivity contribution >= 4 is 22.9 Å². The third-order valence-electron chi connectivity index (χ3n) is 6.49. The van der Waals surface area contributed by atoms with Gasteiger partial charge in [0.15, 0.2) is 11.5 Å². The van der Waals surface area contributed by atoms with Crippen LogP contribution in [0.2, 0.25) is 0 Å². The van der Waals surface area contributed by atoms with Gasteiger partial charge >= 0.3 is 0 Å². The van der Waals surface area contributed by atoms with E-state index >= 15 is 0 Å². The molecule has 1 unspecified atom stereocenters. The van der Waals surface area contributed by atoms with Crippen LogP contribution in [-0.2, 0) is 17.8 Å². The summed E-state index contributed by atoms with van der Waals surface area (Å²) in [6.45, 7) is 4.12. The molecule has 1 aliphatic rings. The molecule has 1 aliphatic heterocycles. The number of nitrogens with zero attached hydrogens (tertiary/aromatic N) is 4. The first-order valence-electron chi connectivity index (χ1n) is 12.0. The van der Waals surface area contributed by atoms with Gasteiger partial charge in [0.1, 0.15) is 11.3 Å². The number of fused-ring (bicyclic) bond motifs is 1. The summed E-state index contributed by atoms with van der Waals surface area (Å²) in [7, 11) is 0. The van der Waals surface area contributed by atoms with E-state index in [0.29, 0.717) is 49.6 Å². The highest BCUT2D eigenvalue weighted by atomic mass is 16.3. The molecule has 35 heavy (non-hydrogen) atoms. The Hall–Kier alpha value is -3.94. The van der Waals surface area contributed by atoms with Crippen molar-refractivity contribution in [3.05, 3.63) is 88.2 Å². The van der Waals surface area contributed by atoms with Crippen molar-refractivity contribution in [3.8, 4) is 0 Å². The van der Waals surface area contributed by atoms with Crippen LogP contribution in [0.15, 0.2) is 70.2 Å². The topological polar surface area (TPSA) is 93.3 Å². The average Bonchev–Trinajstić information content (AvgIpc) is 3.40. The molecule has 4 heterocycles. The maximum absolute atomic E-state index is 13.6. The summed E-state index contributed by atoms with van der Waals surface area (Å²) < 4.78 is 7.02. The number of amides is 1. The molecule has 3 aromatic heterocycles. The average molecular weight is 472 g/mol. The highest BCUT2D eigenvalue weighted by Gasteiger charge is 2.28. The van der Waals surface area contributed by atoms with Crippen molar-refractivity contribution in [2.24, 2.45) is 5.92 Å². The van der Waals surface area contributed by atoms with Crippen molar-refractivity contribution in [2.75, 3.05) is 24.5 Å². The minimum Gasteiger partial charge on any atom is -0.469 e. The van der Waals surface area contributed by atoms with Crippen LogP contribution >= 0.6 is 0 Å². The number of benzene rings is 1. The predicted octanol–water partition coefficient (Wildman–Crippen LogP) is 3.32. The Morgan fingerprint density at radius 1 is 1.17 bits per heavy atom. The van der Waals surface area contributed by atoms with Crippen LogP contribution in [0.4, 0.5) is 5.82 Å². The van der Waals surface area contributed by atoms with Gasteiger partial charge in [-0.2, -0.15) is 0 Å². The third-order valence-corrected chi connectivity index (χ3v) is 6.49. The lowest BCUT2D eigenvalue weighted by molar-refractivity contribution is -0.125. The van der Waals surface area contributed by atoms with Gasteiger partial charge in [-0.25, -0.2) is 9.97 Å². The molecular weight excluding hydrogens is 442 g/mol. The number of anilines is 1. The quantitative estimate of drug-likeness (QED) is 0.445. The van der Waals surface area contributed by atoms with Crippen LogP contribution in [0.3, 0.4) is 0 Å². The second-order valence-corrected chi connectivity index (χ2v) is 9.06. The highest BCUT2D eigenvalue weighted by molar-refractivity contribution is 5.79. The van der Waals surface area contributed by atoms with Gasteiger partial charge in [-0.05, 0) is 49.6 Å². The van der Waals surface area contributed by atoms with E-state index in [1.165, 1.54) is 5.56 Å². The zero-order chi connectivity index (χ0) is 24.2. The Kier molecular flexibility index (Phi) is 6.61. The molecule has 1 aromatic carbocycles. The first-order valence-corrected chi connectivity index (χ1v) is 12.0. The number of pyridine rings is 1. The van der Waals surface area contributed by atoms with E-state index in [9.17, 15) is 9.59 Å². The molecule has 1 amide bonds. The van der Waals surface area contributed by atoms with Crippen LogP contribution in [0.1, 0.15) is 29.7 Å². The minimum atomic E-state index is -0.198. The molecule has 8 nitrogen and oxygen atoms in total. The van der Waals surface area contributed by atoms with Gasteiger partial charge in [-0.3, -0.25) is 14.2 Å². The smallest absolute Gasteiger partial charge is 0.295 e. The van der Waals surface area contributed by atoms with Gasteiger partial charge in [-0.1, -0.05) is 29.8 Å². The number of hydrogen-bond donors (Lipinski definition) is 1. The molecule has 0 aliphatic carbocycles. The SMILES string of the molecule is Cc1ccc(Cn2c(=O)c(N3CCCC(C(=O)NCCc4ccco4)C3)nc3cccnc32)cc1. The second-order valence-electron chi connectivity index (χ2n) is 9.06. The van der Waals surface area contributed by atoms with Crippen LogP contribution in [0, 0.1) is 12.8 Å². The first-order chi connectivity index (χ1) is 17.1. The Labute approximate surface area is 203 Å². The van der Waals surface area contributed by atoms with Crippen molar-refractivity contribution in [1.29, 1.82) is 0 Å². The number of aryl methyl sites for hydroxylation is 1. The monoisotopic (exact) mass is 471 g/mol. The Morgan fingerprint density at radius 2 is 2.03 bits per heavy atom. The number of hydrogen-bond acceptors (Lipinski definition) is 6. The molecular formula is C27H29N5O3. The minimum absolute atomic E-state index is 0.00342. The Morgan fingerprint density at radius 3 is 2.83 bits per heavy atom. The molecule has 8 heteroatoms. The van der Waals surface area contributed by atoms with E-state index < -0.39 is 0 Å². The Bertz CT molecular complexity index is 1360. The molecule has 0 spiro atoms. The van der Waals surface area contributed by atoms with E-state index in [0.717, 1.165) is 24.2 Å². The maximum Gasteiger partial charge on any atom is 0.295 e. The van der Waals surface area contributed by atoms with E-state index in [1.54, 1.807) is 17.0 Å². The number of rotatable bonds is 7. The number of carbonyl (C=O) groups excluding carboxylic acids is 1. The van der Waals surface area contributed by atoms with Gasteiger partial charge in [0.2, 0.25) is 5.91 Å². The van der Waals surface area contributed by atoms with Crippen LogP contribution in [0.5, 0.6) is 0 Å². The standard InChI is InChI=1S/C27H29N5O3/c1-19-8-10-20(11-9-19)17-32-24-23(7-2-13-28-24)30-25(27(32)34)31-15-3-5-21(18-31)26(33)29-14-12-22-6-4-16-35-22/h2,4,6-11,13,16,21H,3,5,12,14-15,17-18H2,1H3,(H,29,33). The fraction of sp³-hybridized carbons (Fsp3) is 0.333. The summed E-state index contributed by atoms with van der Waals surface area (Å²) in [6.07, 6.45) is 5.57. The normalized spacial score (nSPS) is 15.9. The van der Waals surface area contributed by atoms with E-state index in [4.69, 9.17) is 9.40 Å². The lowest BCUT2D eigenvalue weighted by atomic mass is 9.97. The fourth-order valence-electron chi connectivity index (χ4n) is 4.58. The fourth-order valence-corrected chi connectivity index (χ4v) is 4.58. The number of nitrogens with one attached hydrogen (secondary N) is 1. The Balaban J connectivity index is 1.37. The zero-order valence-corrected chi connectivity index (χ0v) is 19.8. The van der Waals surface area contributed by atoms with E-state index in [-0.39, 0.29) is 17.4 Å². The van der Waals surface area contributed by atoms with Gasteiger partial charge in [-0.15, -0.1) is 0 Å². The lowest BCUT2D eigenvalue weighted by Gasteiger charge is -2.32. The van der Waals surface area contributed by atoms with Gasteiger partial charge in [0, 0.05) is 32.3 Å². The van der Waals surface area contributed by atoms with Crippen molar-refractivity contribution < 1.29 is 9.21 Å². The third kappa shape index (κ3) is 5.11. The summed E-state index contributed by atoms with van der Waals surface area (Å²) in [5.41, 5.74) is 3.23. The summed E-state index contributed by atoms with van der Waals surface area (Å²) in [6, 6.07) is 15.6. The van der Waals surface area contributed by atoms with Crippen LogP contribution in [-0.4, -0.2) is 40.1 Å². The molecule has 1 saturated heterocycles. The van der Waals surface area contributed by atoms with Crippen molar-refractivity contribution in [1.82, 2.24) is 19.9 Å². The van der Waals surface area contributed by atoms with Gasteiger partial charge in [0.05, 0.1) is 18.7 Å². The molecule has 0 bridgehead atoms. The summed E-state index contributed by atoms with van der Waals surface area (Å²) in [4.78, 5) is 37.6.